The van der Waals surface area contributed by atoms with Crippen LogP contribution in [-0.2, 0) is 23.3 Å². The second kappa shape index (κ2) is 8.69. The molecule has 2 aliphatic rings. The van der Waals surface area contributed by atoms with Gasteiger partial charge in [0, 0.05) is 24.7 Å². The minimum atomic E-state index is -0.615. The fourth-order valence-corrected chi connectivity index (χ4v) is 4.90. The number of hydrogen-bond donors (Lipinski definition) is 0. The zero-order valence-corrected chi connectivity index (χ0v) is 20.2. The first-order valence-electron chi connectivity index (χ1n) is 11.7. The molecular weight excluding hydrogens is 424 g/mol. The smallest absolute Gasteiger partial charge is 0.331 e. The Labute approximate surface area is 200 Å². The molecule has 0 aliphatic carbocycles. The number of benzene rings is 2. The molecule has 0 saturated heterocycles. The van der Waals surface area contributed by atoms with Crippen LogP contribution in [0.2, 0.25) is 0 Å². The van der Waals surface area contributed by atoms with Crippen LogP contribution in [0.3, 0.4) is 0 Å². The van der Waals surface area contributed by atoms with Crippen molar-refractivity contribution in [3.05, 3.63) is 94.5 Å². The Morgan fingerprint density at radius 3 is 2.53 bits per heavy atom. The number of carbonyl (C=O) groups is 1. The van der Waals surface area contributed by atoms with Gasteiger partial charge in [-0.2, -0.15) is 0 Å². The van der Waals surface area contributed by atoms with Crippen LogP contribution in [0.15, 0.2) is 60.8 Å². The second-order valence-electron chi connectivity index (χ2n) is 9.53. The average Bonchev–Trinajstić information content (AvgIpc) is 2.79. The number of amides is 2. The molecule has 0 radical (unpaired) electrons. The molecule has 5 rings (SSSR count). The molecule has 3 heterocycles. The molecule has 4 bridgehead atoms. The van der Waals surface area contributed by atoms with Crippen LogP contribution >= 0.6 is 0 Å². The second-order valence-corrected chi connectivity index (χ2v) is 9.53. The highest BCUT2D eigenvalue weighted by atomic mass is 16.5. The summed E-state index contributed by atoms with van der Waals surface area (Å²) in [5.74, 6) is 1.38. The van der Waals surface area contributed by atoms with E-state index in [0.717, 1.165) is 33.5 Å². The molecule has 6 nitrogen and oxygen atoms in total. The van der Waals surface area contributed by atoms with Crippen molar-refractivity contribution in [3.8, 4) is 0 Å². The Morgan fingerprint density at radius 1 is 1.00 bits per heavy atom. The van der Waals surface area contributed by atoms with E-state index >= 15 is 0 Å². The van der Waals surface area contributed by atoms with Crippen molar-refractivity contribution >= 4 is 17.5 Å². The summed E-state index contributed by atoms with van der Waals surface area (Å²) in [6, 6.07) is 14.4. The number of anilines is 2. The van der Waals surface area contributed by atoms with E-state index in [9.17, 15) is 4.79 Å². The van der Waals surface area contributed by atoms with Crippen molar-refractivity contribution in [3.63, 3.8) is 0 Å². The van der Waals surface area contributed by atoms with Crippen LogP contribution in [0.5, 0.6) is 0 Å². The third-order valence-corrected chi connectivity index (χ3v) is 6.67. The van der Waals surface area contributed by atoms with E-state index in [1.807, 2.05) is 35.4 Å². The maximum atomic E-state index is 14.1. The molecular formula is C28H30N4O2. The van der Waals surface area contributed by atoms with Crippen LogP contribution in [0.25, 0.3) is 0 Å². The number of fused-ring (bicyclic) bond motifs is 3. The van der Waals surface area contributed by atoms with Gasteiger partial charge in [-0.3, -0.25) is 9.80 Å². The standard InChI is InChI=1S/C28H30N4O2/c1-19-9-7-10-20(2)25(19)32-27(33)31-13-5-6-14-34-18-22-12-8-11-21(15-22)16-24-29-17-23(26(31)30-24)28(32,3)4/h5-12,15,17H,13-14,16,18H2,1-4H3. The largest absolute Gasteiger partial charge is 0.373 e. The van der Waals surface area contributed by atoms with Gasteiger partial charge in [-0.15, -0.1) is 0 Å². The first kappa shape index (κ1) is 22.3. The van der Waals surface area contributed by atoms with Gasteiger partial charge in [0.25, 0.3) is 0 Å². The van der Waals surface area contributed by atoms with Gasteiger partial charge >= 0.3 is 6.03 Å². The van der Waals surface area contributed by atoms with Crippen LogP contribution in [0.4, 0.5) is 16.3 Å². The molecule has 3 aromatic rings. The Bertz CT molecular complexity index is 1260. The van der Waals surface area contributed by atoms with E-state index in [-0.39, 0.29) is 6.03 Å². The number of para-hydroxylation sites is 1. The molecule has 0 atom stereocenters. The molecule has 34 heavy (non-hydrogen) atoms. The summed E-state index contributed by atoms with van der Waals surface area (Å²) < 4.78 is 5.82. The first-order valence-corrected chi connectivity index (χ1v) is 11.7. The first-order chi connectivity index (χ1) is 16.4. The number of nitrogens with zero attached hydrogens (tertiary/aromatic N) is 4. The number of aromatic nitrogens is 2. The Hall–Kier alpha value is -3.51. The van der Waals surface area contributed by atoms with Crippen LogP contribution < -0.4 is 9.80 Å². The molecule has 1 aromatic heterocycles. The van der Waals surface area contributed by atoms with Gasteiger partial charge in [0.15, 0.2) is 0 Å². The molecule has 0 saturated carbocycles. The van der Waals surface area contributed by atoms with E-state index in [2.05, 4.69) is 58.0 Å². The number of hydrogen-bond acceptors (Lipinski definition) is 4. The molecule has 2 aromatic carbocycles. The van der Waals surface area contributed by atoms with Gasteiger partial charge in [-0.1, -0.05) is 54.6 Å². The highest BCUT2D eigenvalue weighted by Crippen LogP contribution is 2.44. The van der Waals surface area contributed by atoms with Gasteiger partial charge in [-0.05, 0) is 49.9 Å². The number of ether oxygens (including phenoxy) is 1. The summed E-state index contributed by atoms with van der Waals surface area (Å²) in [7, 11) is 0. The number of rotatable bonds is 1. The lowest BCUT2D eigenvalue weighted by atomic mass is 9.89. The lowest BCUT2D eigenvalue weighted by Crippen LogP contribution is -2.58. The van der Waals surface area contributed by atoms with Crippen molar-refractivity contribution < 1.29 is 9.53 Å². The third-order valence-electron chi connectivity index (χ3n) is 6.67. The molecule has 2 amide bonds. The van der Waals surface area contributed by atoms with E-state index in [1.54, 1.807) is 4.90 Å². The van der Waals surface area contributed by atoms with E-state index in [1.165, 1.54) is 0 Å². The quantitative estimate of drug-likeness (QED) is 0.459. The summed E-state index contributed by atoms with van der Waals surface area (Å²) in [6.45, 7) is 9.68. The summed E-state index contributed by atoms with van der Waals surface area (Å²) >= 11 is 0. The predicted octanol–water partition coefficient (Wildman–Crippen LogP) is 5.45. The Balaban J connectivity index is 1.66. The van der Waals surface area contributed by atoms with Gasteiger partial charge in [0.1, 0.15) is 11.6 Å². The summed E-state index contributed by atoms with van der Waals surface area (Å²) in [5, 5.41) is 0. The minimum Gasteiger partial charge on any atom is -0.373 e. The van der Waals surface area contributed by atoms with E-state index in [0.29, 0.717) is 37.8 Å². The molecule has 6 heteroatoms. The normalized spacial score (nSPS) is 17.5. The predicted molar refractivity (Wildman–Crippen MR) is 134 cm³/mol. The molecule has 174 valence electrons. The fraction of sp³-hybridized carbons (Fsp3) is 0.321. The molecule has 0 fully saturated rings. The monoisotopic (exact) mass is 454 g/mol. The van der Waals surface area contributed by atoms with Crippen molar-refractivity contribution in [2.24, 2.45) is 0 Å². The van der Waals surface area contributed by atoms with Gasteiger partial charge in [0.05, 0.1) is 24.4 Å². The van der Waals surface area contributed by atoms with Gasteiger partial charge in [-0.25, -0.2) is 14.8 Å². The fourth-order valence-electron chi connectivity index (χ4n) is 4.90. The van der Waals surface area contributed by atoms with Crippen molar-refractivity contribution in [1.82, 2.24) is 9.97 Å². The highest BCUT2D eigenvalue weighted by Gasteiger charge is 2.45. The van der Waals surface area contributed by atoms with Crippen LogP contribution in [0.1, 0.15) is 47.5 Å². The average molecular weight is 455 g/mol. The summed E-state index contributed by atoms with van der Waals surface area (Å²) in [6.07, 6.45) is 6.45. The topological polar surface area (TPSA) is 58.6 Å². The van der Waals surface area contributed by atoms with Crippen molar-refractivity contribution in [2.75, 3.05) is 23.0 Å². The number of carbonyl (C=O) groups excluding carboxylic acids is 1. The van der Waals surface area contributed by atoms with E-state index < -0.39 is 5.54 Å². The maximum absolute atomic E-state index is 14.1. The molecule has 0 spiro atoms. The lowest BCUT2D eigenvalue weighted by molar-refractivity contribution is 0.148. The summed E-state index contributed by atoms with van der Waals surface area (Å²) in [5.41, 5.74) is 5.64. The Morgan fingerprint density at radius 2 is 1.74 bits per heavy atom. The number of aryl methyl sites for hydroxylation is 2. The van der Waals surface area contributed by atoms with Gasteiger partial charge < -0.3 is 4.74 Å². The molecule has 0 unspecified atom stereocenters. The third kappa shape index (κ3) is 3.88. The lowest BCUT2D eigenvalue weighted by Gasteiger charge is -2.47. The Kier molecular flexibility index (Phi) is 5.70. The zero-order valence-electron chi connectivity index (χ0n) is 20.2. The van der Waals surface area contributed by atoms with Crippen molar-refractivity contribution in [1.29, 1.82) is 0 Å². The van der Waals surface area contributed by atoms with Crippen LogP contribution in [0, 0.1) is 13.8 Å². The van der Waals surface area contributed by atoms with Crippen molar-refractivity contribution in [2.45, 2.75) is 46.3 Å². The van der Waals surface area contributed by atoms with E-state index in [4.69, 9.17) is 14.7 Å². The SMILES string of the molecule is Cc1cccc(C)c1N1C(=O)N2CC=CCOCc3cccc(c3)Cc3ncc(c2n3)C1(C)C. The summed E-state index contributed by atoms with van der Waals surface area (Å²) in [4.78, 5) is 27.4. The molecule has 2 aliphatic heterocycles. The zero-order chi connectivity index (χ0) is 23.9. The maximum Gasteiger partial charge on any atom is 0.331 e. The minimum absolute atomic E-state index is 0.0841. The number of urea groups is 1. The highest BCUT2D eigenvalue weighted by molar-refractivity contribution is 6.08. The van der Waals surface area contributed by atoms with Gasteiger partial charge in [0.2, 0.25) is 0 Å². The molecule has 0 N–H and O–H groups in total. The van der Waals surface area contributed by atoms with Crippen LogP contribution in [-0.4, -0.2) is 29.2 Å².